The van der Waals surface area contributed by atoms with Crippen LogP contribution in [0, 0.1) is 0 Å². The number of esters is 1. The van der Waals surface area contributed by atoms with Crippen LogP contribution in [0.5, 0.6) is 0 Å². The maximum Gasteiger partial charge on any atom is 0.438 e. The van der Waals surface area contributed by atoms with Crippen LogP contribution in [-0.4, -0.2) is 54.5 Å². The average Bonchev–Trinajstić information content (AvgIpc) is 2.89. The first-order valence-corrected chi connectivity index (χ1v) is 9.07. The number of amides is 2. The summed E-state index contributed by atoms with van der Waals surface area (Å²) in [7, 11) is -5.91. The van der Waals surface area contributed by atoms with Crippen LogP contribution in [0.4, 0.5) is 32.0 Å². The van der Waals surface area contributed by atoms with Crippen LogP contribution in [0.1, 0.15) is 10.4 Å². The maximum absolute atomic E-state index is 13.2. The van der Waals surface area contributed by atoms with E-state index >= 15 is 0 Å². The van der Waals surface area contributed by atoms with Gasteiger partial charge in [0.1, 0.15) is 5.75 Å². The van der Waals surface area contributed by atoms with E-state index in [1.165, 1.54) is 0 Å². The summed E-state index contributed by atoms with van der Waals surface area (Å²) in [6, 6.07) is 3.04. The standard InChI is InChI=1S/C15H9F6NO7S/c16-14(17,18)13(15(19,20)21,7-30(26,27)28)29-12(25)8-1-3-9(4-2-8)22-10(23)5-6-11(22)24/h1-6H,7H2,(H,26,27,28). The van der Waals surface area contributed by atoms with Gasteiger partial charge in [0, 0.05) is 12.2 Å². The van der Waals surface area contributed by atoms with E-state index in [0.29, 0.717) is 17.0 Å². The molecule has 1 heterocycles. The van der Waals surface area contributed by atoms with Crippen LogP contribution in [0.2, 0.25) is 0 Å². The lowest BCUT2D eigenvalue weighted by molar-refractivity contribution is -0.356. The maximum atomic E-state index is 13.2. The lowest BCUT2D eigenvalue weighted by atomic mass is 10.1. The first-order chi connectivity index (χ1) is 13.5. The van der Waals surface area contributed by atoms with Crippen LogP contribution in [-0.2, 0) is 24.4 Å². The van der Waals surface area contributed by atoms with Gasteiger partial charge in [-0.15, -0.1) is 0 Å². The Bertz CT molecular complexity index is 979. The Hall–Kier alpha value is -2.94. The van der Waals surface area contributed by atoms with E-state index in [0.717, 1.165) is 24.3 Å². The highest BCUT2D eigenvalue weighted by molar-refractivity contribution is 7.85. The van der Waals surface area contributed by atoms with Gasteiger partial charge in [0.05, 0.1) is 11.3 Å². The fourth-order valence-electron chi connectivity index (χ4n) is 2.34. The average molecular weight is 461 g/mol. The fourth-order valence-corrected chi connectivity index (χ4v) is 3.24. The van der Waals surface area contributed by atoms with Gasteiger partial charge in [-0.1, -0.05) is 0 Å². The summed E-state index contributed by atoms with van der Waals surface area (Å²) in [5.74, 6) is -6.80. The zero-order valence-electron chi connectivity index (χ0n) is 14.2. The molecule has 0 radical (unpaired) electrons. The Balaban J connectivity index is 2.40. The number of hydrogen-bond donors (Lipinski definition) is 1. The first kappa shape index (κ1) is 23.3. The number of ether oxygens (including phenoxy) is 1. The number of alkyl halides is 6. The Labute approximate surface area is 163 Å². The molecule has 30 heavy (non-hydrogen) atoms. The molecule has 1 aliphatic rings. The Kier molecular flexibility index (Phi) is 5.75. The lowest BCUT2D eigenvalue weighted by Crippen LogP contribution is -2.63. The Morgan fingerprint density at radius 2 is 1.37 bits per heavy atom. The van der Waals surface area contributed by atoms with Gasteiger partial charge in [-0.3, -0.25) is 14.1 Å². The summed E-state index contributed by atoms with van der Waals surface area (Å²) in [6.07, 6.45) is -11.1. The van der Waals surface area contributed by atoms with E-state index < -0.39 is 57.2 Å². The van der Waals surface area contributed by atoms with Gasteiger partial charge in [-0.25, -0.2) is 9.69 Å². The molecular weight excluding hydrogens is 452 g/mol. The normalized spacial score (nSPS) is 15.6. The molecule has 1 aliphatic heterocycles. The third-order valence-electron chi connectivity index (χ3n) is 3.74. The van der Waals surface area contributed by atoms with Crippen molar-refractivity contribution < 1.29 is 58.4 Å². The van der Waals surface area contributed by atoms with Gasteiger partial charge >= 0.3 is 23.9 Å². The molecule has 0 bridgehead atoms. The molecule has 0 saturated carbocycles. The van der Waals surface area contributed by atoms with Crippen LogP contribution in [0.3, 0.4) is 0 Å². The quantitative estimate of drug-likeness (QED) is 0.309. The molecule has 0 unspecified atom stereocenters. The summed E-state index contributed by atoms with van der Waals surface area (Å²) >= 11 is 0. The van der Waals surface area contributed by atoms with Crippen molar-refractivity contribution in [1.29, 1.82) is 0 Å². The molecule has 2 amide bonds. The highest BCUT2D eigenvalue weighted by Crippen LogP contribution is 2.47. The van der Waals surface area contributed by atoms with Crippen LogP contribution >= 0.6 is 0 Å². The molecule has 1 aromatic carbocycles. The monoisotopic (exact) mass is 461 g/mol. The topological polar surface area (TPSA) is 118 Å². The second-order valence-corrected chi connectivity index (χ2v) is 7.28. The Morgan fingerprint density at radius 3 is 1.73 bits per heavy atom. The zero-order chi connectivity index (χ0) is 23.1. The van der Waals surface area contributed by atoms with Crippen molar-refractivity contribution in [2.45, 2.75) is 18.0 Å². The van der Waals surface area contributed by atoms with Crippen LogP contribution < -0.4 is 4.90 Å². The molecule has 0 aromatic heterocycles. The second-order valence-electron chi connectivity index (χ2n) is 5.83. The fraction of sp³-hybridized carbons (Fsp3) is 0.267. The zero-order valence-corrected chi connectivity index (χ0v) is 15.0. The second kappa shape index (κ2) is 7.39. The van der Waals surface area contributed by atoms with Gasteiger partial charge in [0.15, 0.2) is 0 Å². The molecule has 0 fully saturated rings. The number of benzene rings is 1. The summed E-state index contributed by atoms with van der Waals surface area (Å²) < 4.78 is 113. The number of carbonyl (C=O) groups is 3. The van der Waals surface area contributed by atoms with Crippen molar-refractivity contribution in [3.8, 4) is 0 Å². The highest BCUT2D eigenvalue weighted by atomic mass is 32.2. The molecular formula is C15H9F6NO7S. The van der Waals surface area contributed by atoms with Gasteiger partial charge in [0.2, 0.25) is 0 Å². The smallest absolute Gasteiger partial charge is 0.435 e. The third-order valence-corrected chi connectivity index (χ3v) is 4.51. The summed E-state index contributed by atoms with van der Waals surface area (Å²) in [6.45, 7) is 0. The van der Waals surface area contributed by atoms with E-state index in [1.54, 1.807) is 0 Å². The van der Waals surface area contributed by atoms with E-state index in [-0.39, 0.29) is 5.69 Å². The molecule has 1 N–H and O–H groups in total. The van der Waals surface area contributed by atoms with E-state index in [9.17, 15) is 49.1 Å². The molecule has 15 heteroatoms. The highest BCUT2D eigenvalue weighted by Gasteiger charge is 2.76. The van der Waals surface area contributed by atoms with Gasteiger partial charge in [-0.05, 0) is 24.3 Å². The first-order valence-electron chi connectivity index (χ1n) is 7.47. The van der Waals surface area contributed by atoms with Gasteiger partial charge < -0.3 is 4.74 Å². The lowest BCUT2D eigenvalue weighted by Gasteiger charge is -2.35. The third kappa shape index (κ3) is 4.46. The molecule has 0 atom stereocenters. The van der Waals surface area contributed by atoms with Crippen molar-refractivity contribution >= 4 is 33.6 Å². The number of anilines is 1. The number of rotatable bonds is 5. The SMILES string of the molecule is O=C(OC(CS(=O)(=O)O)(C(F)(F)F)C(F)(F)F)c1ccc(N2C(=O)C=CC2=O)cc1. The minimum absolute atomic E-state index is 0.151. The molecule has 1 aromatic rings. The van der Waals surface area contributed by atoms with Crippen LogP contribution in [0.25, 0.3) is 0 Å². The van der Waals surface area contributed by atoms with E-state index in [4.69, 9.17) is 4.55 Å². The van der Waals surface area contributed by atoms with Gasteiger partial charge in [0.25, 0.3) is 21.9 Å². The number of halogens is 6. The summed E-state index contributed by atoms with van der Waals surface area (Å²) in [4.78, 5) is 35.6. The van der Waals surface area contributed by atoms with Crippen molar-refractivity contribution in [2.75, 3.05) is 10.7 Å². The predicted octanol–water partition coefficient (Wildman–Crippen LogP) is 2.02. The number of nitrogens with zero attached hydrogens (tertiary/aromatic N) is 1. The van der Waals surface area contributed by atoms with E-state index in [2.05, 4.69) is 4.74 Å². The summed E-state index contributed by atoms with van der Waals surface area (Å²) in [5, 5.41) is 0. The largest absolute Gasteiger partial charge is 0.438 e. The van der Waals surface area contributed by atoms with Crippen molar-refractivity contribution in [3.05, 3.63) is 42.0 Å². The minimum atomic E-state index is -6.46. The molecule has 0 spiro atoms. The molecule has 164 valence electrons. The number of carbonyl (C=O) groups excluding carboxylic acids is 3. The van der Waals surface area contributed by atoms with E-state index in [1.807, 2.05) is 0 Å². The van der Waals surface area contributed by atoms with Crippen molar-refractivity contribution in [1.82, 2.24) is 0 Å². The minimum Gasteiger partial charge on any atom is -0.435 e. The van der Waals surface area contributed by atoms with Crippen LogP contribution in [0.15, 0.2) is 36.4 Å². The molecule has 0 saturated heterocycles. The molecule has 2 rings (SSSR count). The molecule has 0 aliphatic carbocycles. The predicted molar refractivity (Wildman–Crippen MR) is 84.7 cm³/mol. The number of hydrogen-bond acceptors (Lipinski definition) is 6. The van der Waals surface area contributed by atoms with Gasteiger partial charge in [-0.2, -0.15) is 34.8 Å². The summed E-state index contributed by atoms with van der Waals surface area (Å²) in [5.41, 5.74) is -6.59. The molecule has 8 nitrogen and oxygen atoms in total. The van der Waals surface area contributed by atoms with Crippen molar-refractivity contribution in [3.63, 3.8) is 0 Å². The Morgan fingerprint density at radius 1 is 0.933 bits per heavy atom. The number of imide groups is 1. The van der Waals surface area contributed by atoms with Crippen molar-refractivity contribution in [2.24, 2.45) is 0 Å².